The second-order valence-corrected chi connectivity index (χ2v) is 6.86. The molecule has 0 bridgehead atoms. The maximum Gasteiger partial charge on any atom is 0.295 e. The van der Waals surface area contributed by atoms with Crippen LogP contribution in [0.2, 0.25) is 0 Å². The number of carbonyl (C=O) groups is 1. The lowest BCUT2D eigenvalue weighted by atomic mass is 10.2. The third kappa shape index (κ3) is 3.95. The van der Waals surface area contributed by atoms with Crippen LogP contribution in [0.3, 0.4) is 0 Å². The number of nitrogens with one attached hydrogen (secondary N) is 1. The average molecular weight is 419 g/mol. The molecule has 0 spiro atoms. The first-order valence-electron chi connectivity index (χ1n) is 9.54. The molecular formula is C21H21N7O3. The van der Waals surface area contributed by atoms with Gasteiger partial charge in [-0.15, -0.1) is 10.2 Å². The van der Waals surface area contributed by atoms with Crippen molar-refractivity contribution in [3.05, 3.63) is 70.6 Å². The van der Waals surface area contributed by atoms with Gasteiger partial charge in [0.05, 0.1) is 18.5 Å². The molecule has 31 heavy (non-hydrogen) atoms. The Bertz CT molecular complexity index is 1290. The summed E-state index contributed by atoms with van der Waals surface area (Å²) in [6.07, 6.45) is 0. The molecule has 10 heteroatoms. The zero-order valence-corrected chi connectivity index (χ0v) is 17.3. The summed E-state index contributed by atoms with van der Waals surface area (Å²) in [5.74, 6) is 0.607. The molecule has 2 aromatic heterocycles. The molecule has 2 aromatic carbocycles. The summed E-state index contributed by atoms with van der Waals surface area (Å²) in [6.45, 7) is 1.58. The van der Waals surface area contributed by atoms with Gasteiger partial charge in [0.1, 0.15) is 18.0 Å². The fraction of sp³-hybridized carbons (Fsp3) is 0.190. The molecule has 0 saturated carbocycles. The first-order chi connectivity index (χ1) is 15.0. The molecule has 158 valence electrons. The Morgan fingerprint density at radius 1 is 1.13 bits per heavy atom. The van der Waals surface area contributed by atoms with Gasteiger partial charge >= 0.3 is 0 Å². The first-order valence-corrected chi connectivity index (χ1v) is 9.54. The molecule has 4 aromatic rings. The number of nitrogens with zero attached hydrogens (tertiary/aromatic N) is 6. The summed E-state index contributed by atoms with van der Waals surface area (Å²) in [4.78, 5) is 26.7. The number of ether oxygens (including phenoxy) is 1. The average Bonchev–Trinajstić information content (AvgIpc) is 3.33. The summed E-state index contributed by atoms with van der Waals surface area (Å²) < 4.78 is 8.40. The Kier molecular flexibility index (Phi) is 5.35. The number of hydrogen-bond donors (Lipinski definition) is 1. The largest absolute Gasteiger partial charge is 0.497 e. The molecular weight excluding hydrogens is 398 g/mol. The first kappa shape index (κ1) is 20.1. The van der Waals surface area contributed by atoms with Crippen molar-refractivity contribution in [3.63, 3.8) is 0 Å². The van der Waals surface area contributed by atoms with E-state index < -0.39 is 5.91 Å². The third-order valence-electron chi connectivity index (χ3n) is 4.88. The number of aromatic nitrogens is 6. The second-order valence-electron chi connectivity index (χ2n) is 6.86. The summed E-state index contributed by atoms with van der Waals surface area (Å²) in [6, 6.07) is 16.4. The van der Waals surface area contributed by atoms with Gasteiger partial charge in [0.15, 0.2) is 0 Å². The Balaban J connectivity index is 1.53. The SMILES string of the molecule is COc1cccc(-c2nnn(CC(=O)Nc3c(C)n(C)n(-c4ccccc4)c3=O)n2)c1. The van der Waals surface area contributed by atoms with Crippen molar-refractivity contribution in [3.8, 4) is 22.8 Å². The minimum Gasteiger partial charge on any atom is -0.497 e. The standard InChI is InChI=1S/C21H21N7O3/c1-14-19(21(30)28(26(14)2)16-9-5-4-6-10-16)22-18(29)13-27-24-20(23-25-27)15-8-7-11-17(12-15)31-3/h4-12H,13H2,1-3H3,(H,22,29). The smallest absolute Gasteiger partial charge is 0.295 e. The summed E-state index contributed by atoms with van der Waals surface area (Å²) in [5.41, 5.74) is 1.95. The van der Waals surface area contributed by atoms with E-state index in [-0.39, 0.29) is 17.8 Å². The van der Waals surface area contributed by atoms with Crippen molar-refractivity contribution in [2.45, 2.75) is 13.5 Å². The predicted octanol–water partition coefficient (Wildman–Crippen LogP) is 1.79. The van der Waals surface area contributed by atoms with Gasteiger partial charge in [0.25, 0.3) is 5.56 Å². The lowest BCUT2D eigenvalue weighted by molar-refractivity contribution is -0.117. The molecule has 0 radical (unpaired) electrons. The zero-order valence-electron chi connectivity index (χ0n) is 17.3. The minimum atomic E-state index is -0.430. The number of tetrazole rings is 1. The summed E-state index contributed by atoms with van der Waals surface area (Å²) in [5, 5.41) is 14.8. The van der Waals surface area contributed by atoms with Gasteiger partial charge in [-0.2, -0.15) is 4.80 Å². The van der Waals surface area contributed by atoms with Gasteiger partial charge in [-0.1, -0.05) is 30.3 Å². The lowest BCUT2D eigenvalue weighted by Gasteiger charge is -2.07. The van der Waals surface area contributed by atoms with Crippen molar-refractivity contribution >= 4 is 11.6 Å². The van der Waals surface area contributed by atoms with Crippen molar-refractivity contribution in [2.75, 3.05) is 12.4 Å². The van der Waals surface area contributed by atoms with Crippen LogP contribution in [0.1, 0.15) is 5.69 Å². The third-order valence-corrected chi connectivity index (χ3v) is 4.88. The van der Waals surface area contributed by atoms with E-state index in [0.717, 1.165) is 5.56 Å². The quantitative estimate of drug-likeness (QED) is 0.510. The number of anilines is 1. The highest BCUT2D eigenvalue weighted by Gasteiger charge is 2.19. The molecule has 0 saturated heterocycles. The number of hydrogen-bond acceptors (Lipinski definition) is 6. The minimum absolute atomic E-state index is 0.184. The van der Waals surface area contributed by atoms with Gasteiger partial charge in [-0.05, 0) is 36.4 Å². The van der Waals surface area contributed by atoms with Crippen LogP contribution >= 0.6 is 0 Å². The van der Waals surface area contributed by atoms with Crippen molar-refractivity contribution in [1.29, 1.82) is 0 Å². The molecule has 1 N–H and O–H groups in total. The Morgan fingerprint density at radius 2 is 1.90 bits per heavy atom. The number of para-hydroxylation sites is 1. The fourth-order valence-corrected chi connectivity index (χ4v) is 3.21. The van der Waals surface area contributed by atoms with E-state index >= 15 is 0 Å². The number of benzene rings is 2. The molecule has 0 unspecified atom stereocenters. The van der Waals surface area contributed by atoms with E-state index in [1.807, 2.05) is 48.5 Å². The molecule has 2 heterocycles. The lowest BCUT2D eigenvalue weighted by Crippen LogP contribution is -2.25. The van der Waals surface area contributed by atoms with Crippen molar-refractivity contribution < 1.29 is 9.53 Å². The van der Waals surface area contributed by atoms with Crippen molar-refractivity contribution in [1.82, 2.24) is 29.6 Å². The molecule has 0 aliphatic carbocycles. The monoisotopic (exact) mass is 419 g/mol. The van der Waals surface area contributed by atoms with Gasteiger partial charge in [-0.3, -0.25) is 14.3 Å². The zero-order chi connectivity index (χ0) is 22.0. The van der Waals surface area contributed by atoms with E-state index in [2.05, 4.69) is 20.7 Å². The van der Waals surface area contributed by atoms with Crippen LogP contribution in [0.4, 0.5) is 5.69 Å². The number of methoxy groups -OCH3 is 1. The summed E-state index contributed by atoms with van der Waals surface area (Å²) in [7, 11) is 3.34. The highest BCUT2D eigenvalue weighted by atomic mass is 16.5. The van der Waals surface area contributed by atoms with Crippen LogP contribution in [-0.4, -0.2) is 42.6 Å². The maximum atomic E-state index is 12.9. The van der Waals surface area contributed by atoms with E-state index in [1.165, 1.54) is 9.48 Å². The number of rotatable bonds is 6. The normalized spacial score (nSPS) is 10.8. The fourth-order valence-electron chi connectivity index (χ4n) is 3.21. The van der Waals surface area contributed by atoms with Crippen LogP contribution in [0.25, 0.3) is 17.1 Å². The predicted molar refractivity (Wildman–Crippen MR) is 114 cm³/mol. The van der Waals surface area contributed by atoms with Gasteiger partial charge in [0.2, 0.25) is 11.7 Å². The highest BCUT2D eigenvalue weighted by molar-refractivity contribution is 5.90. The van der Waals surface area contributed by atoms with Crippen LogP contribution < -0.4 is 15.6 Å². The second kappa shape index (κ2) is 8.27. The molecule has 4 rings (SSSR count). The van der Waals surface area contributed by atoms with E-state index in [0.29, 0.717) is 23.0 Å². The molecule has 0 atom stereocenters. The summed E-state index contributed by atoms with van der Waals surface area (Å²) >= 11 is 0. The van der Waals surface area contributed by atoms with E-state index in [9.17, 15) is 9.59 Å². The van der Waals surface area contributed by atoms with Crippen LogP contribution in [0.5, 0.6) is 5.75 Å². The van der Waals surface area contributed by atoms with Gasteiger partial charge in [0, 0.05) is 12.6 Å². The Labute approximate surface area is 177 Å². The van der Waals surface area contributed by atoms with E-state index in [1.54, 1.807) is 31.8 Å². The molecule has 0 aliphatic rings. The topological polar surface area (TPSA) is 109 Å². The van der Waals surface area contributed by atoms with Crippen LogP contribution in [0, 0.1) is 6.92 Å². The highest BCUT2D eigenvalue weighted by Crippen LogP contribution is 2.20. The Morgan fingerprint density at radius 3 is 2.65 bits per heavy atom. The molecule has 0 aliphatic heterocycles. The Hall–Kier alpha value is -4.21. The maximum absolute atomic E-state index is 12.9. The number of carbonyl (C=O) groups excluding carboxylic acids is 1. The van der Waals surface area contributed by atoms with Crippen LogP contribution in [-0.2, 0) is 18.4 Å². The molecule has 1 amide bonds. The van der Waals surface area contributed by atoms with E-state index in [4.69, 9.17) is 4.74 Å². The van der Waals surface area contributed by atoms with Gasteiger partial charge < -0.3 is 10.1 Å². The molecule has 10 nitrogen and oxygen atoms in total. The van der Waals surface area contributed by atoms with Gasteiger partial charge in [-0.25, -0.2) is 4.68 Å². The number of amides is 1. The van der Waals surface area contributed by atoms with Crippen LogP contribution in [0.15, 0.2) is 59.4 Å². The van der Waals surface area contributed by atoms with Crippen molar-refractivity contribution in [2.24, 2.45) is 7.05 Å². The molecule has 0 fully saturated rings.